The largest absolute Gasteiger partial charge is 0.353 e. The molecule has 3 atom stereocenters. The molecule has 1 aliphatic carbocycles. The Labute approximate surface area is 132 Å². The number of benzene rings is 1. The fourth-order valence-corrected chi connectivity index (χ4v) is 3.16. The monoisotopic (exact) mass is 302 g/mol. The molecule has 1 aromatic rings. The third-order valence-electron chi connectivity index (χ3n) is 4.43. The molecule has 0 radical (unpaired) electrons. The van der Waals surface area contributed by atoms with Crippen molar-refractivity contribution in [3.8, 4) is 0 Å². The van der Waals surface area contributed by atoms with Gasteiger partial charge in [-0.1, -0.05) is 50.1 Å². The highest BCUT2D eigenvalue weighted by Crippen LogP contribution is 2.24. The van der Waals surface area contributed by atoms with Crippen molar-refractivity contribution in [1.82, 2.24) is 10.6 Å². The van der Waals surface area contributed by atoms with Crippen LogP contribution in [0.25, 0.3) is 0 Å². The lowest BCUT2D eigenvalue weighted by molar-refractivity contribution is -0.123. The minimum Gasteiger partial charge on any atom is -0.353 e. The van der Waals surface area contributed by atoms with Crippen molar-refractivity contribution in [3.63, 3.8) is 0 Å². The fraction of sp³-hybridized carbons (Fsp3) is 0.556. The second-order valence-corrected chi connectivity index (χ2v) is 6.30. The molecule has 1 fully saturated rings. The van der Waals surface area contributed by atoms with Gasteiger partial charge in [-0.2, -0.15) is 0 Å². The molecule has 0 heterocycles. The van der Waals surface area contributed by atoms with E-state index in [1.165, 1.54) is 26.2 Å². The van der Waals surface area contributed by atoms with Gasteiger partial charge in [-0.05, 0) is 24.3 Å². The van der Waals surface area contributed by atoms with Crippen LogP contribution in [-0.2, 0) is 9.59 Å². The lowest BCUT2D eigenvalue weighted by atomic mass is 9.86. The van der Waals surface area contributed by atoms with E-state index < -0.39 is 0 Å². The van der Waals surface area contributed by atoms with Crippen LogP contribution in [0.4, 0.5) is 0 Å². The molecule has 1 aliphatic rings. The molecule has 0 unspecified atom stereocenters. The molecule has 2 rings (SSSR count). The predicted octanol–water partition coefficient (Wildman–Crippen LogP) is 2.95. The Kier molecular flexibility index (Phi) is 5.99. The zero-order valence-electron chi connectivity index (χ0n) is 13.5. The summed E-state index contributed by atoms with van der Waals surface area (Å²) < 4.78 is 0. The molecule has 2 amide bonds. The van der Waals surface area contributed by atoms with Crippen molar-refractivity contribution in [2.24, 2.45) is 5.92 Å². The zero-order valence-corrected chi connectivity index (χ0v) is 13.5. The highest BCUT2D eigenvalue weighted by molar-refractivity contribution is 5.79. The topological polar surface area (TPSA) is 58.2 Å². The molecule has 22 heavy (non-hydrogen) atoms. The summed E-state index contributed by atoms with van der Waals surface area (Å²) in [5.41, 5.74) is 0.963. The van der Waals surface area contributed by atoms with E-state index in [-0.39, 0.29) is 30.3 Å². The van der Waals surface area contributed by atoms with E-state index in [2.05, 4.69) is 17.6 Å². The molecule has 0 aromatic heterocycles. The highest BCUT2D eigenvalue weighted by Gasteiger charge is 2.24. The second kappa shape index (κ2) is 7.97. The summed E-state index contributed by atoms with van der Waals surface area (Å²) >= 11 is 0. The van der Waals surface area contributed by atoms with E-state index in [0.29, 0.717) is 5.92 Å². The summed E-state index contributed by atoms with van der Waals surface area (Å²) in [5.74, 6) is 0.433. The maximum Gasteiger partial charge on any atom is 0.222 e. The van der Waals surface area contributed by atoms with Crippen LogP contribution in [-0.4, -0.2) is 17.9 Å². The molecular weight excluding hydrogens is 276 g/mol. The molecule has 0 bridgehead atoms. The van der Waals surface area contributed by atoms with Gasteiger partial charge in [0.05, 0.1) is 12.5 Å². The fourth-order valence-electron chi connectivity index (χ4n) is 3.16. The quantitative estimate of drug-likeness (QED) is 0.878. The second-order valence-electron chi connectivity index (χ2n) is 6.30. The molecule has 2 N–H and O–H groups in total. The number of carbonyl (C=O) groups excluding carboxylic acids is 2. The Hall–Kier alpha value is -1.84. The van der Waals surface area contributed by atoms with Gasteiger partial charge in [0.1, 0.15) is 0 Å². The number of nitrogens with one attached hydrogen (secondary N) is 2. The molecule has 0 saturated heterocycles. The summed E-state index contributed by atoms with van der Waals surface area (Å²) in [5, 5.41) is 6.03. The van der Waals surface area contributed by atoms with Crippen LogP contribution in [0.1, 0.15) is 57.6 Å². The van der Waals surface area contributed by atoms with Crippen molar-refractivity contribution < 1.29 is 9.59 Å². The maximum atomic E-state index is 12.4. The Balaban J connectivity index is 1.97. The molecule has 1 saturated carbocycles. The van der Waals surface area contributed by atoms with Crippen molar-refractivity contribution in [2.75, 3.05) is 0 Å². The van der Waals surface area contributed by atoms with Crippen molar-refractivity contribution in [1.29, 1.82) is 0 Å². The van der Waals surface area contributed by atoms with E-state index in [0.717, 1.165) is 12.0 Å². The first-order valence-corrected chi connectivity index (χ1v) is 8.17. The van der Waals surface area contributed by atoms with Gasteiger partial charge in [0.25, 0.3) is 0 Å². The Morgan fingerprint density at radius 1 is 1.18 bits per heavy atom. The minimum absolute atomic E-state index is 0.0151. The summed E-state index contributed by atoms with van der Waals surface area (Å²) in [6.07, 6.45) is 4.96. The molecular formula is C18H26N2O2. The van der Waals surface area contributed by atoms with Crippen molar-refractivity contribution >= 4 is 11.8 Å². The Morgan fingerprint density at radius 3 is 2.50 bits per heavy atom. The third kappa shape index (κ3) is 4.86. The summed E-state index contributed by atoms with van der Waals surface area (Å²) in [7, 11) is 0. The van der Waals surface area contributed by atoms with Crippen LogP contribution in [0.3, 0.4) is 0 Å². The lowest BCUT2D eigenvalue weighted by Gasteiger charge is -2.30. The van der Waals surface area contributed by atoms with Crippen LogP contribution in [0, 0.1) is 5.92 Å². The normalized spacial score (nSPS) is 22.6. The maximum absolute atomic E-state index is 12.4. The van der Waals surface area contributed by atoms with Crippen molar-refractivity contribution in [2.45, 2.75) is 58.0 Å². The third-order valence-corrected chi connectivity index (χ3v) is 4.43. The van der Waals surface area contributed by atoms with Gasteiger partial charge < -0.3 is 10.6 Å². The Bertz CT molecular complexity index is 501. The molecule has 120 valence electrons. The first kappa shape index (κ1) is 16.5. The van der Waals surface area contributed by atoms with Crippen molar-refractivity contribution in [3.05, 3.63) is 35.9 Å². The molecule has 4 nitrogen and oxygen atoms in total. The summed E-state index contributed by atoms with van der Waals surface area (Å²) in [6.45, 7) is 3.68. The van der Waals surface area contributed by atoms with E-state index >= 15 is 0 Å². The van der Waals surface area contributed by atoms with Crippen LogP contribution in [0.2, 0.25) is 0 Å². The van der Waals surface area contributed by atoms with Gasteiger partial charge in [-0.15, -0.1) is 0 Å². The smallest absolute Gasteiger partial charge is 0.222 e. The van der Waals surface area contributed by atoms with E-state index in [4.69, 9.17) is 0 Å². The lowest BCUT2D eigenvalue weighted by Crippen LogP contribution is -2.42. The van der Waals surface area contributed by atoms with Crippen LogP contribution in [0.5, 0.6) is 0 Å². The van der Waals surface area contributed by atoms with Gasteiger partial charge in [0.2, 0.25) is 11.8 Å². The number of rotatable bonds is 5. The van der Waals surface area contributed by atoms with Gasteiger partial charge in [0, 0.05) is 13.0 Å². The average molecular weight is 302 g/mol. The average Bonchev–Trinajstić information content (AvgIpc) is 2.49. The summed E-state index contributed by atoms with van der Waals surface area (Å²) in [6, 6.07) is 9.66. The van der Waals surface area contributed by atoms with E-state index in [9.17, 15) is 9.59 Å². The minimum atomic E-state index is -0.266. The van der Waals surface area contributed by atoms with Crippen LogP contribution in [0.15, 0.2) is 30.3 Å². The molecule has 0 spiro atoms. The van der Waals surface area contributed by atoms with E-state index in [1.807, 2.05) is 30.3 Å². The molecule has 4 heteroatoms. The summed E-state index contributed by atoms with van der Waals surface area (Å²) in [4.78, 5) is 23.8. The van der Waals surface area contributed by atoms with Crippen LogP contribution >= 0.6 is 0 Å². The number of hydrogen-bond acceptors (Lipinski definition) is 2. The van der Waals surface area contributed by atoms with E-state index in [1.54, 1.807) is 0 Å². The standard InChI is InChI=1S/C18H26N2O2/c1-13-8-6-7-11-16(13)20-18(22)12-17(19-14(2)21)15-9-4-3-5-10-15/h3-5,9-10,13,16-17H,6-8,11-12H2,1-2H3,(H,19,21)(H,20,22)/t13-,16+,17+/m1/s1. The van der Waals surface area contributed by atoms with Gasteiger partial charge in [-0.3, -0.25) is 9.59 Å². The molecule has 1 aromatic carbocycles. The first-order valence-electron chi connectivity index (χ1n) is 8.17. The number of carbonyl (C=O) groups is 2. The predicted molar refractivity (Wildman–Crippen MR) is 87.2 cm³/mol. The van der Waals surface area contributed by atoms with Crippen LogP contribution < -0.4 is 10.6 Å². The van der Waals surface area contributed by atoms with Gasteiger partial charge in [0.15, 0.2) is 0 Å². The zero-order chi connectivity index (χ0) is 15.9. The first-order chi connectivity index (χ1) is 10.6. The van der Waals surface area contributed by atoms with Gasteiger partial charge in [-0.25, -0.2) is 0 Å². The number of hydrogen-bond donors (Lipinski definition) is 2. The van der Waals surface area contributed by atoms with Gasteiger partial charge >= 0.3 is 0 Å². The Morgan fingerprint density at radius 2 is 1.86 bits per heavy atom. The molecule has 0 aliphatic heterocycles. The number of amides is 2. The SMILES string of the molecule is CC(=O)N[C@@H](CC(=O)N[C@H]1CCCC[C@H]1C)c1ccccc1. The highest BCUT2D eigenvalue weighted by atomic mass is 16.2.